The number of hydrogen-bond donors (Lipinski definition) is 2. The Labute approximate surface area is 174 Å². The monoisotopic (exact) mass is 423 g/mol. The molecule has 4 aromatic rings. The summed E-state index contributed by atoms with van der Waals surface area (Å²) in [5.74, 6) is 0.286. The number of hydrazone groups is 1. The Morgan fingerprint density at radius 3 is 2.37 bits per heavy atom. The number of anilines is 3. The standard InChI is InChI=1S/C19H14ClN7O3/c1-29-19(28)12-4-2-11(3-5-12)10-21-25-16-15(22-14-8-6-13(20)7-9-14)23-17-18(24-16)27-30-26-17/h2-10H,1H3,(H,22,23,26)(H,24,25,27)/b21-10+. The lowest BCUT2D eigenvalue weighted by Crippen LogP contribution is -2.03. The zero-order valence-corrected chi connectivity index (χ0v) is 16.3. The van der Waals surface area contributed by atoms with E-state index in [1.807, 2.05) is 0 Å². The molecule has 0 spiro atoms. The van der Waals surface area contributed by atoms with E-state index in [0.29, 0.717) is 22.2 Å². The molecule has 0 aliphatic rings. The molecule has 0 bridgehead atoms. The number of methoxy groups -OCH3 is 1. The summed E-state index contributed by atoms with van der Waals surface area (Å²) in [6, 6.07) is 13.9. The van der Waals surface area contributed by atoms with Gasteiger partial charge in [0.1, 0.15) is 0 Å². The number of ether oxygens (including phenoxy) is 1. The molecule has 150 valence electrons. The van der Waals surface area contributed by atoms with Crippen LogP contribution in [0, 0.1) is 0 Å². The molecule has 2 N–H and O–H groups in total. The van der Waals surface area contributed by atoms with Crippen molar-refractivity contribution in [3.8, 4) is 0 Å². The van der Waals surface area contributed by atoms with Gasteiger partial charge in [-0.2, -0.15) is 10.1 Å². The smallest absolute Gasteiger partial charge is 0.337 e. The fourth-order valence-corrected chi connectivity index (χ4v) is 2.59. The summed E-state index contributed by atoms with van der Waals surface area (Å²) in [6.07, 6.45) is 1.57. The number of fused-ring (bicyclic) bond motifs is 1. The number of benzene rings is 2. The number of esters is 1. The van der Waals surface area contributed by atoms with Gasteiger partial charge in [-0.15, -0.1) is 0 Å². The molecule has 0 fully saturated rings. The minimum absolute atomic E-state index is 0.233. The summed E-state index contributed by atoms with van der Waals surface area (Å²) in [5.41, 5.74) is 5.27. The largest absolute Gasteiger partial charge is 0.465 e. The second-order valence-corrected chi connectivity index (χ2v) is 6.38. The molecule has 0 aliphatic heterocycles. The SMILES string of the molecule is COC(=O)c1ccc(/C=N/Nc2nc3nonc3nc2Nc2ccc(Cl)cc2)cc1. The van der Waals surface area contributed by atoms with E-state index in [0.717, 1.165) is 11.3 Å². The molecular formula is C19H14ClN7O3. The van der Waals surface area contributed by atoms with Gasteiger partial charge < -0.3 is 10.1 Å². The molecule has 30 heavy (non-hydrogen) atoms. The van der Waals surface area contributed by atoms with Crippen molar-refractivity contribution in [3.63, 3.8) is 0 Å². The average molecular weight is 424 g/mol. The van der Waals surface area contributed by atoms with Crippen LogP contribution in [0.25, 0.3) is 11.3 Å². The highest BCUT2D eigenvalue weighted by Gasteiger charge is 2.13. The maximum absolute atomic E-state index is 11.5. The topological polar surface area (TPSA) is 127 Å². The Hall–Kier alpha value is -4.05. The lowest BCUT2D eigenvalue weighted by Gasteiger charge is -2.09. The lowest BCUT2D eigenvalue weighted by molar-refractivity contribution is 0.0600. The van der Waals surface area contributed by atoms with E-state index in [2.05, 4.69) is 45.5 Å². The van der Waals surface area contributed by atoms with E-state index in [4.69, 9.17) is 11.6 Å². The average Bonchev–Trinajstić information content (AvgIpc) is 3.22. The van der Waals surface area contributed by atoms with Crippen LogP contribution in [0.2, 0.25) is 5.02 Å². The highest BCUT2D eigenvalue weighted by atomic mass is 35.5. The first-order chi connectivity index (χ1) is 14.6. The molecule has 0 saturated heterocycles. The first kappa shape index (κ1) is 19.3. The van der Waals surface area contributed by atoms with Crippen LogP contribution in [0.5, 0.6) is 0 Å². The van der Waals surface area contributed by atoms with Crippen molar-refractivity contribution in [2.24, 2.45) is 5.10 Å². The lowest BCUT2D eigenvalue weighted by atomic mass is 10.1. The third-order valence-corrected chi connectivity index (χ3v) is 4.19. The molecule has 0 aliphatic carbocycles. The van der Waals surface area contributed by atoms with Crippen molar-refractivity contribution in [1.82, 2.24) is 20.3 Å². The van der Waals surface area contributed by atoms with Crippen molar-refractivity contribution in [1.29, 1.82) is 0 Å². The Balaban J connectivity index is 1.55. The second-order valence-electron chi connectivity index (χ2n) is 5.95. The molecule has 2 aromatic heterocycles. The van der Waals surface area contributed by atoms with E-state index < -0.39 is 5.97 Å². The van der Waals surface area contributed by atoms with Crippen LogP contribution < -0.4 is 10.7 Å². The van der Waals surface area contributed by atoms with E-state index in [9.17, 15) is 4.79 Å². The van der Waals surface area contributed by atoms with Crippen molar-refractivity contribution in [2.45, 2.75) is 0 Å². The Kier molecular flexibility index (Phi) is 5.48. The molecule has 11 heteroatoms. The van der Waals surface area contributed by atoms with Gasteiger partial charge in [0, 0.05) is 10.7 Å². The van der Waals surface area contributed by atoms with Crippen LogP contribution in [-0.2, 0) is 4.74 Å². The second kappa shape index (κ2) is 8.53. The molecule has 2 heterocycles. The van der Waals surface area contributed by atoms with E-state index in [-0.39, 0.29) is 11.3 Å². The van der Waals surface area contributed by atoms with E-state index >= 15 is 0 Å². The minimum Gasteiger partial charge on any atom is -0.465 e. The van der Waals surface area contributed by atoms with Gasteiger partial charge in [-0.25, -0.2) is 14.4 Å². The molecule has 0 atom stereocenters. The van der Waals surface area contributed by atoms with Gasteiger partial charge in [-0.05, 0) is 52.3 Å². The van der Waals surface area contributed by atoms with Crippen LogP contribution in [-0.4, -0.2) is 39.6 Å². The summed E-state index contributed by atoms with van der Waals surface area (Å²) in [6.45, 7) is 0. The first-order valence-corrected chi connectivity index (χ1v) is 9.00. The predicted molar refractivity (Wildman–Crippen MR) is 111 cm³/mol. The molecular weight excluding hydrogens is 410 g/mol. The minimum atomic E-state index is -0.403. The molecule has 0 unspecified atom stereocenters. The van der Waals surface area contributed by atoms with E-state index in [1.54, 1.807) is 54.7 Å². The van der Waals surface area contributed by atoms with Gasteiger partial charge in [-0.3, -0.25) is 5.43 Å². The first-order valence-electron chi connectivity index (χ1n) is 8.63. The van der Waals surface area contributed by atoms with Gasteiger partial charge in [0.25, 0.3) is 0 Å². The van der Waals surface area contributed by atoms with Crippen LogP contribution in [0.15, 0.2) is 58.3 Å². The number of nitrogens with zero attached hydrogens (tertiary/aromatic N) is 5. The maximum Gasteiger partial charge on any atom is 0.337 e. The third-order valence-electron chi connectivity index (χ3n) is 3.94. The Morgan fingerprint density at radius 2 is 1.70 bits per heavy atom. The predicted octanol–water partition coefficient (Wildman–Crippen LogP) is 3.64. The van der Waals surface area contributed by atoms with Crippen LogP contribution >= 0.6 is 11.6 Å². The fraction of sp³-hybridized carbons (Fsp3) is 0.0526. The molecule has 0 radical (unpaired) electrons. The Bertz CT molecular complexity index is 1210. The number of hydrogen-bond acceptors (Lipinski definition) is 10. The van der Waals surface area contributed by atoms with Crippen molar-refractivity contribution < 1.29 is 14.2 Å². The zero-order chi connectivity index (χ0) is 20.9. The van der Waals surface area contributed by atoms with Gasteiger partial charge in [0.05, 0.1) is 18.9 Å². The van der Waals surface area contributed by atoms with Crippen LogP contribution in [0.1, 0.15) is 15.9 Å². The summed E-state index contributed by atoms with van der Waals surface area (Å²) in [4.78, 5) is 20.2. The quantitative estimate of drug-likeness (QED) is 0.271. The summed E-state index contributed by atoms with van der Waals surface area (Å²) < 4.78 is 9.36. The van der Waals surface area contributed by atoms with Gasteiger partial charge in [0.2, 0.25) is 11.3 Å². The number of rotatable bonds is 6. The van der Waals surface area contributed by atoms with Gasteiger partial charge in [0.15, 0.2) is 11.6 Å². The van der Waals surface area contributed by atoms with Crippen molar-refractivity contribution in [3.05, 3.63) is 64.7 Å². The number of carbonyl (C=O) groups is 1. The van der Waals surface area contributed by atoms with Gasteiger partial charge in [-0.1, -0.05) is 23.7 Å². The highest BCUT2D eigenvalue weighted by molar-refractivity contribution is 6.30. The number of carbonyl (C=O) groups excluding carboxylic acids is 1. The molecule has 0 saturated carbocycles. The molecule has 0 amide bonds. The summed E-state index contributed by atoms with van der Waals surface area (Å²) in [7, 11) is 1.33. The maximum atomic E-state index is 11.5. The number of halogens is 1. The molecule has 10 nitrogen and oxygen atoms in total. The molecule has 2 aromatic carbocycles. The normalized spacial score (nSPS) is 11.0. The van der Waals surface area contributed by atoms with Crippen LogP contribution in [0.4, 0.5) is 17.3 Å². The molecule has 4 rings (SSSR count). The zero-order valence-electron chi connectivity index (χ0n) is 15.5. The van der Waals surface area contributed by atoms with Crippen LogP contribution in [0.3, 0.4) is 0 Å². The third kappa shape index (κ3) is 4.33. The summed E-state index contributed by atoms with van der Waals surface area (Å²) >= 11 is 5.93. The fourth-order valence-electron chi connectivity index (χ4n) is 2.46. The van der Waals surface area contributed by atoms with E-state index in [1.165, 1.54) is 7.11 Å². The number of nitrogens with one attached hydrogen (secondary N) is 2. The Morgan fingerprint density at radius 1 is 1.03 bits per heavy atom. The van der Waals surface area contributed by atoms with Gasteiger partial charge >= 0.3 is 5.97 Å². The summed E-state index contributed by atoms with van der Waals surface area (Å²) in [5, 5.41) is 15.3. The van der Waals surface area contributed by atoms with Crippen molar-refractivity contribution >= 4 is 52.4 Å². The van der Waals surface area contributed by atoms with Crippen molar-refractivity contribution in [2.75, 3.05) is 17.9 Å². The number of aromatic nitrogens is 4. The highest BCUT2D eigenvalue weighted by Crippen LogP contribution is 2.24.